The molecule has 0 atom stereocenters. The van der Waals surface area contributed by atoms with E-state index in [0.717, 1.165) is 49.1 Å². The Morgan fingerprint density at radius 2 is 1.86 bits per heavy atom. The van der Waals surface area contributed by atoms with Gasteiger partial charge in [-0.05, 0) is 56.0 Å². The fourth-order valence-corrected chi connectivity index (χ4v) is 4.39. The second-order valence-electron chi connectivity index (χ2n) is 5.75. The normalized spacial score (nSPS) is 16.1. The fraction of sp³-hybridized carbons (Fsp3) is 0.471. The number of thiazole rings is 1. The number of piperidine rings is 1. The topological polar surface area (TPSA) is 24.9 Å². The van der Waals surface area contributed by atoms with Crippen LogP contribution in [0.3, 0.4) is 0 Å². The van der Waals surface area contributed by atoms with Gasteiger partial charge in [-0.15, -0.1) is 11.3 Å². The predicted molar refractivity (Wildman–Crippen MR) is 85.5 cm³/mol. The third kappa shape index (κ3) is 3.52. The van der Waals surface area contributed by atoms with Crippen LogP contribution in [0, 0.1) is 11.6 Å². The minimum absolute atomic E-state index is 0.497. The second kappa shape index (κ2) is 6.84. The lowest BCUT2D eigenvalue weighted by atomic mass is 9.95. The minimum Gasteiger partial charge on any atom is -0.317 e. The summed E-state index contributed by atoms with van der Waals surface area (Å²) in [6, 6.07) is 3.68. The molecule has 2 heterocycles. The van der Waals surface area contributed by atoms with E-state index < -0.39 is 11.6 Å². The quantitative estimate of drug-likeness (QED) is 0.919. The molecule has 0 saturated carbocycles. The van der Waals surface area contributed by atoms with E-state index in [1.807, 2.05) is 0 Å². The Morgan fingerprint density at radius 1 is 1.18 bits per heavy atom. The number of nitrogens with one attached hydrogen (secondary N) is 1. The van der Waals surface area contributed by atoms with Crippen molar-refractivity contribution in [3.05, 3.63) is 51.0 Å². The number of hydrogen-bond donors (Lipinski definition) is 1. The number of aryl methyl sites for hydroxylation is 1. The maximum atomic E-state index is 13.3. The first kappa shape index (κ1) is 15.6. The van der Waals surface area contributed by atoms with Gasteiger partial charge < -0.3 is 5.32 Å². The molecule has 1 aliphatic heterocycles. The standard InChI is InChI=1S/C17H20F2N2S/c1-2-15-17(12-3-5-20-6-4-12)22-16(21-15)9-11-7-13(18)10-14(19)8-11/h7-8,10,12,20H,2-6,9H2,1H3. The molecule has 0 radical (unpaired) electrons. The van der Waals surface area contributed by atoms with Crippen LogP contribution < -0.4 is 5.32 Å². The number of hydrogen-bond acceptors (Lipinski definition) is 3. The van der Waals surface area contributed by atoms with Crippen molar-refractivity contribution in [3.8, 4) is 0 Å². The van der Waals surface area contributed by atoms with Crippen molar-refractivity contribution in [2.75, 3.05) is 13.1 Å². The molecule has 118 valence electrons. The molecule has 1 N–H and O–H groups in total. The van der Waals surface area contributed by atoms with Gasteiger partial charge in [0.25, 0.3) is 0 Å². The molecule has 0 aliphatic carbocycles. The van der Waals surface area contributed by atoms with Crippen LogP contribution in [0.5, 0.6) is 0 Å². The molecule has 0 amide bonds. The van der Waals surface area contributed by atoms with E-state index in [1.165, 1.54) is 17.0 Å². The summed E-state index contributed by atoms with van der Waals surface area (Å²) in [7, 11) is 0. The largest absolute Gasteiger partial charge is 0.317 e. The highest BCUT2D eigenvalue weighted by Gasteiger charge is 2.21. The zero-order chi connectivity index (χ0) is 15.5. The van der Waals surface area contributed by atoms with Crippen molar-refractivity contribution in [2.45, 2.75) is 38.5 Å². The van der Waals surface area contributed by atoms with Gasteiger partial charge in [0.05, 0.1) is 10.7 Å². The Bertz CT molecular complexity index is 628. The third-order valence-corrected chi connectivity index (χ3v) is 5.35. The van der Waals surface area contributed by atoms with E-state index in [-0.39, 0.29) is 0 Å². The van der Waals surface area contributed by atoms with Crippen molar-refractivity contribution in [3.63, 3.8) is 0 Å². The molecule has 3 rings (SSSR count). The summed E-state index contributed by atoms with van der Waals surface area (Å²) in [4.78, 5) is 6.08. The van der Waals surface area contributed by atoms with Crippen LogP contribution in [0.15, 0.2) is 18.2 Å². The zero-order valence-corrected chi connectivity index (χ0v) is 13.5. The molecule has 1 fully saturated rings. The SMILES string of the molecule is CCc1nc(Cc2cc(F)cc(F)c2)sc1C1CCNCC1. The molecule has 0 spiro atoms. The first-order chi connectivity index (χ1) is 10.7. The average Bonchev–Trinajstić information content (AvgIpc) is 2.90. The number of aromatic nitrogens is 1. The Morgan fingerprint density at radius 3 is 2.50 bits per heavy atom. The number of halogens is 2. The molecule has 1 aromatic heterocycles. The molecule has 22 heavy (non-hydrogen) atoms. The average molecular weight is 322 g/mol. The summed E-state index contributed by atoms with van der Waals surface area (Å²) >= 11 is 1.71. The van der Waals surface area contributed by atoms with E-state index in [9.17, 15) is 8.78 Å². The van der Waals surface area contributed by atoms with Crippen LogP contribution in [-0.2, 0) is 12.8 Å². The van der Waals surface area contributed by atoms with Gasteiger partial charge in [0.2, 0.25) is 0 Å². The van der Waals surface area contributed by atoms with Crippen LogP contribution >= 0.6 is 11.3 Å². The van der Waals surface area contributed by atoms with E-state index in [4.69, 9.17) is 4.98 Å². The van der Waals surface area contributed by atoms with Crippen molar-refractivity contribution < 1.29 is 8.78 Å². The second-order valence-corrected chi connectivity index (χ2v) is 6.87. The maximum Gasteiger partial charge on any atom is 0.126 e. The lowest BCUT2D eigenvalue weighted by Crippen LogP contribution is -2.26. The third-order valence-electron chi connectivity index (χ3n) is 4.09. The highest BCUT2D eigenvalue weighted by molar-refractivity contribution is 7.11. The molecule has 0 unspecified atom stereocenters. The highest BCUT2D eigenvalue weighted by Crippen LogP contribution is 2.34. The maximum absolute atomic E-state index is 13.3. The first-order valence-corrected chi connectivity index (χ1v) is 8.61. The predicted octanol–water partition coefficient (Wildman–Crippen LogP) is 4.04. The minimum atomic E-state index is -0.527. The van der Waals surface area contributed by atoms with Gasteiger partial charge in [-0.3, -0.25) is 0 Å². The molecule has 1 saturated heterocycles. The zero-order valence-electron chi connectivity index (χ0n) is 12.7. The van der Waals surface area contributed by atoms with Crippen LogP contribution in [0.25, 0.3) is 0 Å². The first-order valence-electron chi connectivity index (χ1n) is 7.80. The van der Waals surface area contributed by atoms with Gasteiger partial charge in [0, 0.05) is 17.4 Å². The van der Waals surface area contributed by atoms with Gasteiger partial charge in [-0.25, -0.2) is 13.8 Å². The number of benzene rings is 1. The lowest BCUT2D eigenvalue weighted by Gasteiger charge is -2.22. The lowest BCUT2D eigenvalue weighted by molar-refractivity contribution is 0.463. The summed E-state index contributed by atoms with van der Waals surface area (Å²) in [6.07, 6.45) is 3.69. The molecule has 5 heteroatoms. The molecule has 2 nitrogen and oxygen atoms in total. The van der Waals surface area contributed by atoms with Crippen LogP contribution in [0.1, 0.15) is 46.8 Å². The van der Waals surface area contributed by atoms with Crippen molar-refractivity contribution in [1.29, 1.82) is 0 Å². The van der Waals surface area contributed by atoms with Gasteiger partial charge >= 0.3 is 0 Å². The monoisotopic (exact) mass is 322 g/mol. The number of nitrogens with zero attached hydrogens (tertiary/aromatic N) is 1. The highest BCUT2D eigenvalue weighted by atomic mass is 32.1. The Labute approximate surface area is 133 Å². The van der Waals surface area contributed by atoms with Gasteiger partial charge in [-0.1, -0.05) is 6.92 Å². The molecule has 0 bridgehead atoms. The Balaban J connectivity index is 1.83. The number of rotatable bonds is 4. The van der Waals surface area contributed by atoms with E-state index in [2.05, 4.69) is 12.2 Å². The molecule has 1 aliphatic rings. The molecule has 1 aromatic carbocycles. The van der Waals surface area contributed by atoms with Gasteiger partial charge in [-0.2, -0.15) is 0 Å². The summed E-state index contributed by atoms with van der Waals surface area (Å²) < 4.78 is 26.6. The molecule has 2 aromatic rings. The van der Waals surface area contributed by atoms with E-state index >= 15 is 0 Å². The fourth-order valence-electron chi connectivity index (χ4n) is 3.03. The van der Waals surface area contributed by atoms with Crippen LogP contribution in [-0.4, -0.2) is 18.1 Å². The Kier molecular flexibility index (Phi) is 4.84. The van der Waals surface area contributed by atoms with E-state index in [1.54, 1.807) is 11.3 Å². The van der Waals surface area contributed by atoms with Crippen molar-refractivity contribution in [1.82, 2.24) is 10.3 Å². The van der Waals surface area contributed by atoms with Crippen molar-refractivity contribution >= 4 is 11.3 Å². The smallest absolute Gasteiger partial charge is 0.126 e. The van der Waals surface area contributed by atoms with Crippen molar-refractivity contribution in [2.24, 2.45) is 0 Å². The van der Waals surface area contributed by atoms with Gasteiger partial charge in [0.15, 0.2) is 0 Å². The molecular formula is C17H20F2N2S. The summed E-state index contributed by atoms with van der Waals surface area (Å²) in [5.41, 5.74) is 1.80. The summed E-state index contributed by atoms with van der Waals surface area (Å²) in [5.74, 6) is -0.478. The van der Waals surface area contributed by atoms with E-state index in [0.29, 0.717) is 17.9 Å². The molecular weight excluding hydrogens is 302 g/mol. The Hall–Kier alpha value is -1.33. The van der Waals surface area contributed by atoms with Gasteiger partial charge in [0.1, 0.15) is 11.6 Å². The summed E-state index contributed by atoms with van der Waals surface area (Å²) in [5, 5.41) is 4.34. The van der Waals surface area contributed by atoms with Crippen LogP contribution in [0.2, 0.25) is 0 Å². The van der Waals surface area contributed by atoms with Crippen LogP contribution in [0.4, 0.5) is 8.78 Å². The summed E-state index contributed by atoms with van der Waals surface area (Å²) in [6.45, 7) is 4.22.